The first-order chi connectivity index (χ1) is 17.2. The second-order valence-corrected chi connectivity index (χ2v) is 9.81. The summed E-state index contributed by atoms with van der Waals surface area (Å²) in [5.41, 5.74) is 1.42. The molecule has 2 heterocycles. The number of hydrogen-bond acceptors (Lipinski definition) is 7. The van der Waals surface area contributed by atoms with Gasteiger partial charge in [-0.25, -0.2) is 4.79 Å². The van der Waals surface area contributed by atoms with Crippen LogP contribution in [0.15, 0.2) is 29.6 Å². The molecule has 3 rings (SSSR count). The van der Waals surface area contributed by atoms with Gasteiger partial charge in [-0.2, -0.15) is 0 Å². The Morgan fingerprint density at radius 2 is 1.81 bits per heavy atom. The average molecular weight is 498 g/mol. The second kappa shape index (κ2) is 12.4. The van der Waals surface area contributed by atoms with Gasteiger partial charge in [0, 0.05) is 54.8 Å². The van der Waals surface area contributed by atoms with Crippen LogP contribution in [0.2, 0.25) is 0 Å². The SMILES string of the molecule is CCCCCC/C(=N\OC(C)=O)C(=O)c1cn(CC)c2ccc(C(=O)C(C)(C)N3CCOCC3)cc12. The maximum absolute atomic E-state index is 13.6. The standard InChI is InChI=1S/C28H39N3O5/c1-6-8-9-10-11-24(29-36-20(3)32)26(33)23-19-30(7-2)25-13-12-21(18-22(23)25)27(34)28(4,5)31-14-16-35-17-15-31/h12-13,18-19H,6-11,14-17H2,1-5H3/b29-24+. The summed E-state index contributed by atoms with van der Waals surface area (Å²) in [5, 5.41) is 4.62. The van der Waals surface area contributed by atoms with Crippen molar-refractivity contribution in [1.29, 1.82) is 0 Å². The molecular formula is C28H39N3O5. The summed E-state index contributed by atoms with van der Waals surface area (Å²) in [5.74, 6) is -0.840. The molecule has 1 aromatic carbocycles. The number of rotatable bonds is 12. The van der Waals surface area contributed by atoms with E-state index in [4.69, 9.17) is 9.57 Å². The van der Waals surface area contributed by atoms with E-state index >= 15 is 0 Å². The van der Waals surface area contributed by atoms with Gasteiger partial charge in [-0.15, -0.1) is 0 Å². The monoisotopic (exact) mass is 497 g/mol. The van der Waals surface area contributed by atoms with E-state index in [0.717, 1.165) is 31.2 Å². The van der Waals surface area contributed by atoms with Crippen molar-refractivity contribution in [2.75, 3.05) is 26.3 Å². The number of fused-ring (bicyclic) bond motifs is 1. The Morgan fingerprint density at radius 3 is 2.44 bits per heavy atom. The van der Waals surface area contributed by atoms with Crippen LogP contribution in [0.25, 0.3) is 10.9 Å². The minimum absolute atomic E-state index is 0.00215. The van der Waals surface area contributed by atoms with Gasteiger partial charge >= 0.3 is 5.97 Å². The summed E-state index contributed by atoms with van der Waals surface area (Å²) in [7, 11) is 0. The van der Waals surface area contributed by atoms with E-state index in [1.807, 2.05) is 49.7 Å². The zero-order chi connectivity index (χ0) is 26.3. The average Bonchev–Trinajstić information content (AvgIpc) is 3.25. The normalized spacial score (nSPS) is 15.3. The molecule has 1 aromatic heterocycles. The van der Waals surface area contributed by atoms with E-state index in [0.29, 0.717) is 55.8 Å². The van der Waals surface area contributed by atoms with Gasteiger partial charge in [-0.1, -0.05) is 31.3 Å². The fraction of sp³-hybridized carbons (Fsp3) is 0.571. The van der Waals surface area contributed by atoms with E-state index in [9.17, 15) is 14.4 Å². The lowest BCUT2D eigenvalue weighted by Gasteiger charge is -2.39. The third-order valence-corrected chi connectivity index (χ3v) is 6.90. The highest BCUT2D eigenvalue weighted by atomic mass is 16.7. The van der Waals surface area contributed by atoms with Crippen LogP contribution in [0.3, 0.4) is 0 Å². The highest BCUT2D eigenvalue weighted by Crippen LogP contribution is 2.28. The number of aromatic nitrogens is 1. The van der Waals surface area contributed by atoms with Crippen LogP contribution < -0.4 is 0 Å². The molecule has 0 aliphatic carbocycles. The summed E-state index contributed by atoms with van der Waals surface area (Å²) < 4.78 is 7.45. The summed E-state index contributed by atoms with van der Waals surface area (Å²) in [6.45, 7) is 12.6. The van der Waals surface area contributed by atoms with Crippen LogP contribution in [0.1, 0.15) is 87.4 Å². The lowest BCUT2D eigenvalue weighted by molar-refractivity contribution is -0.140. The van der Waals surface area contributed by atoms with Crippen LogP contribution >= 0.6 is 0 Å². The zero-order valence-corrected chi connectivity index (χ0v) is 22.3. The number of oxime groups is 1. The molecule has 1 aliphatic heterocycles. The maximum atomic E-state index is 13.6. The molecule has 36 heavy (non-hydrogen) atoms. The predicted molar refractivity (Wildman–Crippen MR) is 141 cm³/mol. The quantitative estimate of drug-likeness (QED) is 0.134. The largest absolute Gasteiger partial charge is 0.379 e. The number of morpholine rings is 1. The molecule has 8 nitrogen and oxygen atoms in total. The smallest absolute Gasteiger partial charge is 0.331 e. The molecule has 1 aliphatic rings. The second-order valence-electron chi connectivity index (χ2n) is 9.81. The topological polar surface area (TPSA) is 90.2 Å². The molecule has 1 saturated heterocycles. The number of carbonyl (C=O) groups is 3. The van der Waals surface area contributed by atoms with Crippen molar-refractivity contribution >= 4 is 34.2 Å². The molecule has 2 aromatic rings. The predicted octanol–water partition coefficient (Wildman–Crippen LogP) is 5.03. The van der Waals surface area contributed by atoms with Crippen molar-refractivity contribution in [3.8, 4) is 0 Å². The maximum Gasteiger partial charge on any atom is 0.331 e. The minimum atomic E-state index is -0.698. The van der Waals surface area contributed by atoms with Crippen LogP contribution in [0, 0.1) is 0 Å². The first kappa shape index (κ1) is 27.7. The third-order valence-electron chi connectivity index (χ3n) is 6.90. The Balaban J connectivity index is 1.98. The highest BCUT2D eigenvalue weighted by molar-refractivity contribution is 6.47. The van der Waals surface area contributed by atoms with E-state index in [1.165, 1.54) is 6.92 Å². The van der Waals surface area contributed by atoms with Gasteiger partial charge in [-0.05, 0) is 51.8 Å². The Labute approximate surface area is 213 Å². The lowest BCUT2D eigenvalue weighted by atomic mass is 9.89. The number of hydrogen-bond donors (Lipinski definition) is 0. The van der Waals surface area contributed by atoms with E-state index < -0.39 is 11.5 Å². The van der Waals surface area contributed by atoms with Crippen molar-refractivity contribution in [2.24, 2.45) is 5.16 Å². The number of benzene rings is 1. The first-order valence-electron chi connectivity index (χ1n) is 13.0. The van der Waals surface area contributed by atoms with Crippen molar-refractivity contribution in [2.45, 2.75) is 78.8 Å². The molecule has 0 N–H and O–H groups in total. The number of aryl methyl sites for hydroxylation is 1. The lowest BCUT2D eigenvalue weighted by Crippen LogP contribution is -2.54. The number of Topliss-reactive ketones (excluding diaryl/α,β-unsaturated/α-hetero) is 2. The zero-order valence-electron chi connectivity index (χ0n) is 22.3. The molecule has 0 radical (unpaired) electrons. The molecule has 0 bridgehead atoms. The van der Waals surface area contributed by atoms with Crippen LogP contribution in [-0.2, 0) is 20.9 Å². The number of nitrogens with zero attached hydrogens (tertiary/aromatic N) is 3. The Bertz CT molecular complexity index is 1130. The Morgan fingerprint density at radius 1 is 1.08 bits per heavy atom. The molecule has 0 atom stereocenters. The van der Waals surface area contributed by atoms with Crippen molar-refractivity contribution in [1.82, 2.24) is 9.47 Å². The Hall–Kier alpha value is -2.84. The molecule has 196 valence electrons. The molecule has 0 spiro atoms. The van der Waals surface area contributed by atoms with Crippen molar-refractivity contribution in [3.05, 3.63) is 35.5 Å². The van der Waals surface area contributed by atoms with E-state index in [2.05, 4.69) is 17.0 Å². The van der Waals surface area contributed by atoms with Crippen molar-refractivity contribution in [3.63, 3.8) is 0 Å². The van der Waals surface area contributed by atoms with Gasteiger partial charge in [0.05, 0.1) is 18.8 Å². The minimum Gasteiger partial charge on any atom is -0.379 e. The summed E-state index contributed by atoms with van der Waals surface area (Å²) in [6.07, 6.45) is 6.12. The van der Waals surface area contributed by atoms with Gasteiger partial charge in [0.2, 0.25) is 5.78 Å². The van der Waals surface area contributed by atoms with Gasteiger partial charge in [0.15, 0.2) is 5.78 Å². The molecule has 0 amide bonds. The van der Waals surface area contributed by atoms with Crippen LogP contribution in [0.4, 0.5) is 0 Å². The molecule has 0 unspecified atom stereocenters. The number of unbranched alkanes of at least 4 members (excludes halogenated alkanes) is 3. The molecule has 1 fully saturated rings. The summed E-state index contributed by atoms with van der Waals surface area (Å²) >= 11 is 0. The van der Waals surface area contributed by atoms with Gasteiger partial charge in [0.1, 0.15) is 5.71 Å². The third kappa shape index (κ3) is 6.28. The van der Waals surface area contributed by atoms with E-state index in [-0.39, 0.29) is 17.3 Å². The highest BCUT2D eigenvalue weighted by Gasteiger charge is 2.36. The van der Waals surface area contributed by atoms with Gasteiger partial charge in [0.25, 0.3) is 0 Å². The number of ether oxygens (including phenoxy) is 1. The fourth-order valence-corrected chi connectivity index (χ4v) is 4.69. The van der Waals surface area contributed by atoms with Crippen LogP contribution in [-0.4, -0.2) is 64.6 Å². The molecule has 8 heteroatoms. The fourth-order valence-electron chi connectivity index (χ4n) is 4.69. The Kier molecular flexibility index (Phi) is 9.56. The summed E-state index contributed by atoms with van der Waals surface area (Å²) in [6, 6.07) is 5.56. The first-order valence-corrected chi connectivity index (χ1v) is 13.0. The number of ketones is 2. The molecule has 0 saturated carbocycles. The van der Waals surface area contributed by atoms with Crippen molar-refractivity contribution < 1.29 is 24.0 Å². The van der Waals surface area contributed by atoms with Crippen LogP contribution in [0.5, 0.6) is 0 Å². The molecular weight excluding hydrogens is 458 g/mol. The van der Waals surface area contributed by atoms with E-state index in [1.54, 1.807) is 0 Å². The van der Waals surface area contributed by atoms with Gasteiger partial charge < -0.3 is 14.1 Å². The summed E-state index contributed by atoms with van der Waals surface area (Å²) in [4.78, 5) is 45.7. The number of carbonyl (C=O) groups excluding carboxylic acids is 3. The van der Waals surface area contributed by atoms with Gasteiger partial charge in [-0.3, -0.25) is 14.5 Å².